The van der Waals surface area contributed by atoms with Gasteiger partial charge in [-0.15, -0.1) is 11.6 Å². The van der Waals surface area contributed by atoms with Crippen molar-refractivity contribution in [3.05, 3.63) is 41.9 Å². The number of benzene rings is 1. The average Bonchev–Trinajstić information content (AvgIpc) is 2.89. The van der Waals surface area contributed by atoms with Gasteiger partial charge in [0.15, 0.2) is 5.03 Å². The van der Waals surface area contributed by atoms with Gasteiger partial charge in [-0.3, -0.25) is 4.72 Å². The van der Waals surface area contributed by atoms with E-state index in [4.69, 9.17) is 11.6 Å². The summed E-state index contributed by atoms with van der Waals surface area (Å²) in [6.45, 7) is 1.90. The van der Waals surface area contributed by atoms with Gasteiger partial charge in [0.1, 0.15) is 5.82 Å². The molecule has 2 N–H and O–H groups in total. The van der Waals surface area contributed by atoms with Crippen LogP contribution in [0.4, 0.5) is 5.69 Å². The lowest BCUT2D eigenvalue weighted by atomic mass is 10.2. The maximum atomic E-state index is 12.1. The van der Waals surface area contributed by atoms with Crippen LogP contribution in [-0.2, 0) is 22.3 Å². The van der Waals surface area contributed by atoms with Crippen molar-refractivity contribution in [1.29, 1.82) is 0 Å². The minimum Gasteiger partial charge on any atom is -0.332 e. The molecule has 0 amide bonds. The van der Waals surface area contributed by atoms with Crippen LogP contribution in [0.2, 0.25) is 0 Å². The number of halogens is 1. The summed E-state index contributed by atoms with van der Waals surface area (Å²) in [6, 6.07) is 6.89. The van der Waals surface area contributed by atoms with E-state index in [2.05, 4.69) is 14.7 Å². The standard InChI is InChI=1S/C12H14ClN3O2S/c1-2-11-14-8-12(15-11)19(17,18)16-10-5-3-9(7-13)4-6-10/h3-6,8,16H,2,7H2,1H3,(H,14,15). The normalized spacial score (nSPS) is 11.5. The quantitative estimate of drug-likeness (QED) is 0.833. The zero-order chi connectivity index (χ0) is 13.9. The summed E-state index contributed by atoms with van der Waals surface area (Å²) in [5, 5.41) is 0.0609. The predicted molar refractivity (Wildman–Crippen MR) is 74.8 cm³/mol. The molecule has 0 aliphatic carbocycles. The molecule has 0 fully saturated rings. The second-order valence-electron chi connectivity index (χ2n) is 3.98. The van der Waals surface area contributed by atoms with E-state index < -0.39 is 10.0 Å². The molecule has 0 bridgehead atoms. The smallest absolute Gasteiger partial charge is 0.278 e. The molecule has 5 nitrogen and oxygen atoms in total. The van der Waals surface area contributed by atoms with Crippen molar-refractivity contribution < 1.29 is 8.42 Å². The minimum atomic E-state index is -3.62. The molecule has 2 aromatic rings. The zero-order valence-corrected chi connectivity index (χ0v) is 11.9. The minimum absolute atomic E-state index is 0.0609. The third-order valence-electron chi connectivity index (χ3n) is 2.59. The van der Waals surface area contributed by atoms with Crippen LogP contribution in [0.25, 0.3) is 0 Å². The molecule has 0 saturated heterocycles. The van der Waals surface area contributed by atoms with Crippen molar-refractivity contribution in [2.45, 2.75) is 24.3 Å². The number of H-pyrrole nitrogens is 1. The Morgan fingerprint density at radius 2 is 2.00 bits per heavy atom. The Labute approximate surface area is 117 Å². The predicted octanol–water partition coefficient (Wildman–Crippen LogP) is 2.51. The molecular weight excluding hydrogens is 286 g/mol. The first-order valence-electron chi connectivity index (χ1n) is 5.76. The van der Waals surface area contributed by atoms with Gasteiger partial charge in [0.05, 0.1) is 6.20 Å². The number of aromatic amines is 1. The fourth-order valence-electron chi connectivity index (χ4n) is 1.53. The number of hydrogen-bond donors (Lipinski definition) is 2. The molecule has 0 atom stereocenters. The van der Waals surface area contributed by atoms with Crippen molar-refractivity contribution in [3.63, 3.8) is 0 Å². The van der Waals surface area contributed by atoms with Crippen molar-refractivity contribution >= 4 is 27.3 Å². The molecular formula is C12H14ClN3O2S. The third-order valence-corrected chi connectivity index (χ3v) is 4.19. The van der Waals surface area contributed by atoms with Crippen molar-refractivity contribution in [2.24, 2.45) is 0 Å². The Morgan fingerprint density at radius 1 is 1.32 bits per heavy atom. The molecule has 0 aliphatic heterocycles. The summed E-state index contributed by atoms with van der Waals surface area (Å²) < 4.78 is 26.6. The maximum absolute atomic E-state index is 12.1. The number of imidazole rings is 1. The van der Waals surface area contributed by atoms with Crippen LogP contribution in [-0.4, -0.2) is 18.4 Å². The molecule has 19 heavy (non-hydrogen) atoms. The van der Waals surface area contributed by atoms with Gasteiger partial charge < -0.3 is 4.98 Å². The molecule has 1 aromatic carbocycles. The summed E-state index contributed by atoms with van der Waals surface area (Å²) in [7, 11) is -3.62. The van der Waals surface area contributed by atoms with Gasteiger partial charge in [0.25, 0.3) is 10.0 Å². The zero-order valence-electron chi connectivity index (χ0n) is 10.4. The Balaban J connectivity index is 2.20. The van der Waals surface area contributed by atoms with Gasteiger partial charge in [0, 0.05) is 18.0 Å². The van der Waals surface area contributed by atoms with E-state index in [9.17, 15) is 8.42 Å². The van der Waals surface area contributed by atoms with E-state index in [0.29, 0.717) is 23.8 Å². The molecule has 7 heteroatoms. The van der Waals surface area contributed by atoms with Crippen LogP contribution in [0.15, 0.2) is 35.5 Å². The van der Waals surface area contributed by atoms with E-state index in [1.165, 1.54) is 6.20 Å². The lowest BCUT2D eigenvalue weighted by Gasteiger charge is -2.06. The SMILES string of the molecule is CCc1ncc(S(=O)(=O)Nc2ccc(CCl)cc2)[nH]1. The molecule has 0 spiro atoms. The van der Waals surface area contributed by atoms with Crippen LogP contribution in [0, 0.1) is 0 Å². The first-order chi connectivity index (χ1) is 9.05. The molecule has 1 aromatic heterocycles. The van der Waals surface area contributed by atoms with Crippen LogP contribution in [0.5, 0.6) is 0 Å². The van der Waals surface area contributed by atoms with Gasteiger partial charge in [-0.05, 0) is 17.7 Å². The third kappa shape index (κ3) is 3.27. The number of aromatic nitrogens is 2. The number of alkyl halides is 1. The van der Waals surface area contributed by atoms with E-state index in [1.807, 2.05) is 6.92 Å². The number of hydrogen-bond acceptors (Lipinski definition) is 3. The molecule has 0 saturated carbocycles. The summed E-state index contributed by atoms with van der Waals surface area (Å²) in [6.07, 6.45) is 1.97. The van der Waals surface area contributed by atoms with Crippen molar-refractivity contribution in [2.75, 3.05) is 4.72 Å². The lowest BCUT2D eigenvalue weighted by Crippen LogP contribution is -2.13. The van der Waals surface area contributed by atoms with Crippen molar-refractivity contribution in [1.82, 2.24) is 9.97 Å². The summed E-state index contributed by atoms with van der Waals surface area (Å²) in [5.41, 5.74) is 1.42. The first-order valence-corrected chi connectivity index (χ1v) is 7.78. The van der Waals surface area contributed by atoms with E-state index in [0.717, 1.165) is 5.56 Å². The highest BCUT2D eigenvalue weighted by molar-refractivity contribution is 7.92. The van der Waals surface area contributed by atoms with E-state index in [1.54, 1.807) is 24.3 Å². The number of nitrogens with one attached hydrogen (secondary N) is 2. The summed E-state index contributed by atoms with van der Waals surface area (Å²) in [5.74, 6) is 1.03. The van der Waals surface area contributed by atoms with E-state index >= 15 is 0 Å². The van der Waals surface area contributed by atoms with Crippen LogP contribution in [0.3, 0.4) is 0 Å². The largest absolute Gasteiger partial charge is 0.332 e. The van der Waals surface area contributed by atoms with E-state index in [-0.39, 0.29) is 5.03 Å². The lowest BCUT2D eigenvalue weighted by molar-refractivity contribution is 0.598. The maximum Gasteiger partial charge on any atom is 0.278 e. The Bertz CT molecular complexity index is 650. The Kier molecular flexibility index (Phi) is 4.11. The highest BCUT2D eigenvalue weighted by atomic mass is 35.5. The van der Waals surface area contributed by atoms with Crippen LogP contribution in [0.1, 0.15) is 18.3 Å². The van der Waals surface area contributed by atoms with Gasteiger partial charge in [-0.25, -0.2) is 4.98 Å². The highest BCUT2D eigenvalue weighted by Crippen LogP contribution is 2.16. The molecule has 2 rings (SSSR count). The highest BCUT2D eigenvalue weighted by Gasteiger charge is 2.16. The first kappa shape index (κ1) is 13.9. The fourth-order valence-corrected chi connectivity index (χ4v) is 2.71. The summed E-state index contributed by atoms with van der Waals surface area (Å²) in [4.78, 5) is 6.74. The van der Waals surface area contributed by atoms with Crippen molar-refractivity contribution in [3.8, 4) is 0 Å². The molecule has 0 unspecified atom stereocenters. The fraction of sp³-hybridized carbons (Fsp3) is 0.250. The second-order valence-corrected chi connectivity index (χ2v) is 5.90. The molecule has 102 valence electrons. The average molecular weight is 300 g/mol. The number of sulfonamides is 1. The Morgan fingerprint density at radius 3 is 2.53 bits per heavy atom. The number of anilines is 1. The number of nitrogens with zero attached hydrogens (tertiary/aromatic N) is 1. The molecule has 0 aliphatic rings. The monoisotopic (exact) mass is 299 g/mol. The van der Waals surface area contributed by atoms with Gasteiger partial charge in [0.2, 0.25) is 0 Å². The second kappa shape index (κ2) is 5.63. The van der Waals surface area contributed by atoms with Crippen LogP contribution >= 0.6 is 11.6 Å². The van der Waals surface area contributed by atoms with Gasteiger partial charge in [-0.2, -0.15) is 8.42 Å². The number of aryl methyl sites for hydroxylation is 1. The summed E-state index contributed by atoms with van der Waals surface area (Å²) >= 11 is 5.68. The molecule has 1 heterocycles. The van der Waals surface area contributed by atoms with Gasteiger partial charge in [-0.1, -0.05) is 19.1 Å². The van der Waals surface area contributed by atoms with Gasteiger partial charge >= 0.3 is 0 Å². The molecule has 0 radical (unpaired) electrons. The van der Waals surface area contributed by atoms with Crippen LogP contribution < -0.4 is 4.72 Å². The topological polar surface area (TPSA) is 74.8 Å². The number of rotatable bonds is 5. The Hall–Kier alpha value is -1.53.